The van der Waals surface area contributed by atoms with Crippen molar-refractivity contribution in [3.05, 3.63) is 30.1 Å². The Morgan fingerprint density at radius 2 is 2.10 bits per heavy atom. The molecule has 2 aromatic heterocycles. The van der Waals surface area contributed by atoms with Crippen LogP contribution in [0.5, 0.6) is 5.75 Å². The van der Waals surface area contributed by atoms with Crippen molar-refractivity contribution in [2.24, 2.45) is 0 Å². The maximum Gasteiger partial charge on any atom is 0.227 e. The SMILES string of the molecule is COc1ccc(N)c(CNc2nc(NC(C)C(C)(C)O)nc3c2ncn3C2CC2)c1. The number of aliphatic hydroxyl groups is 1. The molecule has 0 spiro atoms. The fourth-order valence-corrected chi connectivity index (χ4v) is 3.14. The smallest absolute Gasteiger partial charge is 0.227 e. The molecule has 9 nitrogen and oxygen atoms in total. The van der Waals surface area contributed by atoms with Gasteiger partial charge in [0.25, 0.3) is 0 Å². The monoisotopic (exact) mass is 411 g/mol. The number of nitrogens with zero attached hydrogens (tertiary/aromatic N) is 4. The Labute approximate surface area is 175 Å². The fraction of sp³-hybridized carbons (Fsp3) is 0.476. The third kappa shape index (κ3) is 4.11. The first-order chi connectivity index (χ1) is 14.3. The average Bonchev–Trinajstić information content (AvgIpc) is 3.45. The minimum absolute atomic E-state index is 0.242. The van der Waals surface area contributed by atoms with Crippen molar-refractivity contribution in [3.63, 3.8) is 0 Å². The highest BCUT2D eigenvalue weighted by atomic mass is 16.5. The normalized spacial score (nSPS) is 15.2. The van der Waals surface area contributed by atoms with E-state index in [1.165, 1.54) is 0 Å². The summed E-state index contributed by atoms with van der Waals surface area (Å²) >= 11 is 0. The second kappa shape index (κ2) is 7.64. The third-order valence-electron chi connectivity index (χ3n) is 5.56. The molecule has 30 heavy (non-hydrogen) atoms. The van der Waals surface area contributed by atoms with Crippen molar-refractivity contribution in [2.75, 3.05) is 23.5 Å². The summed E-state index contributed by atoms with van der Waals surface area (Å²) in [5.74, 6) is 1.81. The molecule has 0 saturated heterocycles. The second-order valence-corrected chi connectivity index (χ2v) is 8.39. The van der Waals surface area contributed by atoms with Crippen LogP contribution in [0, 0.1) is 0 Å². The van der Waals surface area contributed by atoms with Gasteiger partial charge in [-0.05, 0) is 57.4 Å². The first-order valence-electron chi connectivity index (χ1n) is 10.2. The fourth-order valence-electron chi connectivity index (χ4n) is 3.14. The lowest BCUT2D eigenvalue weighted by atomic mass is 10.0. The number of nitrogens with two attached hydrogens (primary N) is 1. The number of nitrogen functional groups attached to an aromatic ring is 1. The molecule has 4 rings (SSSR count). The minimum atomic E-state index is -0.919. The molecule has 9 heteroatoms. The Morgan fingerprint density at radius 1 is 1.33 bits per heavy atom. The minimum Gasteiger partial charge on any atom is -0.497 e. The quantitative estimate of drug-likeness (QED) is 0.417. The summed E-state index contributed by atoms with van der Waals surface area (Å²) in [4.78, 5) is 13.9. The van der Waals surface area contributed by atoms with Crippen molar-refractivity contribution in [1.29, 1.82) is 0 Å². The van der Waals surface area contributed by atoms with E-state index in [1.807, 2.05) is 31.5 Å². The highest BCUT2D eigenvalue weighted by Gasteiger charge is 2.28. The Balaban J connectivity index is 1.67. The van der Waals surface area contributed by atoms with Gasteiger partial charge in [0.1, 0.15) is 5.75 Å². The van der Waals surface area contributed by atoms with E-state index in [0.29, 0.717) is 35.6 Å². The number of nitrogens with one attached hydrogen (secondary N) is 2. The number of anilines is 3. The first kappa shape index (κ1) is 20.2. The van der Waals surface area contributed by atoms with Gasteiger partial charge in [-0.2, -0.15) is 9.97 Å². The number of ether oxygens (including phenoxy) is 1. The van der Waals surface area contributed by atoms with E-state index in [1.54, 1.807) is 21.0 Å². The van der Waals surface area contributed by atoms with Crippen LogP contribution < -0.4 is 21.1 Å². The van der Waals surface area contributed by atoms with E-state index >= 15 is 0 Å². The highest BCUT2D eigenvalue weighted by molar-refractivity contribution is 5.84. The van der Waals surface area contributed by atoms with Gasteiger partial charge in [0, 0.05) is 18.3 Å². The number of imidazole rings is 1. The zero-order valence-electron chi connectivity index (χ0n) is 17.8. The molecule has 1 aliphatic rings. The van der Waals surface area contributed by atoms with E-state index in [0.717, 1.165) is 29.8 Å². The van der Waals surface area contributed by atoms with Gasteiger partial charge in [-0.15, -0.1) is 0 Å². The van der Waals surface area contributed by atoms with Gasteiger partial charge in [-0.3, -0.25) is 0 Å². The summed E-state index contributed by atoms with van der Waals surface area (Å²) < 4.78 is 7.40. The molecule has 1 saturated carbocycles. The molecular weight excluding hydrogens is 382 g/mol. The summed E-state index contributed by atoms with van der Waals surface area (Å²) in [5.41, 5.74) is 8.28. The standard InChI is InChI=1S/C21H29N7O2/c1-12(21(2,3)29)25-20-26-18(17-19(27-20)28(11-24-17)14-5-6-14)23-10-13-9-15(30-4)7-8-16(13)22/h7-9,11-12,14,29H,5-6,10,22H2,1-4H3,(H2,23,25,26,27). The molecular formula is C21H29N7O2. The molecule has 0 aliphatic heterocycles. The predicted molar refractivity (Wildman–Crippen MR) is 118 cm³/mol. The van der Waals surface area contributed by atoms with Crippen LogP contribution in [0.4, 0.5) is 17.5 Å². The summed E-state index contributed by atoms with van der Waals surface area (Å²) in [5, 5.41) is 16.9. The van der Waals surface area contributed by atoms with Gasteiger partial charge >= 0.3 is 0 Å². The van der Waals surface area contributed by atoms with Crippen LogP contribution in [0.15, 0.2) is 24.5 Å². The molecule has 0 bridgehead atoms. The molecule has 160 valence electrons. The molecule has 1 unspecified atom stereocenters. The number of fused-ring (bicyclic) bond motifs is 1. The van der Waals surface area contributed by atoms with E-state index in [9.17, 15) is 5.11 Å². The van der Waals surface area contributed by atoms with Crippen molar-refractivity contribution in [3.8, 4) is 5.75 Å². The summed E-state index contributed by atoms with van der Waals surface area (Å²) in [6.45, 7) is 5.87. The lowest BCUT2D eigenvalue weighted by Gasteiger charge is -2.26. The molecule has 0 radical (unpaired) electrons. The zero-order chi connectivity index (χ0) is 21.5. The molecule has 5 N–H and O–H groups in total. The molecule has 1 fully saturated rings. The number of hydrogen-bond donors (Lipinski definition) is 4. The largest absolute Gasteiger partial charge is 0.497 e. The van der Waals surface area contributed by atoms with Crippen LogP contribution >= 0.6 is 0 Å². The Bertz CT molecular complexity index is 1050. The van der Waals surface area contributed by atoms with Crippen LogP contribution in [0.3, 0.4) is 0 Å². The topological polar surface area (TPSA) is 123 Å². The van der Waals surface area contributed by atoms with E-state index in [4.69, 9.17) is 15.5 Å². The van der Waals surface area contributed by atoms with Gasteiger partial charge < -0.3 is 30.8 Å². The number of aromatic nitrogens is 4. The molecule has 0 amide bonds. The molecule has 3 aromatic rings. The van der Waals surface area contributed by atoms with Crippen molar-refractivity contribution in [1.82, 2.24) is 19.5 Å². The zero-order valence-corrected chi connectivity index (χ0v) is 17.8. The van der Waals surface area contributed by atoms with Crippen molar-refractivity contribution in [2.45, 2.75) is 57.8 Å². The number of hydrogen-bond acceptors (Lipinski definition) is 8. The van der Waals surface area contributed by atoms with E-state index < -0.39 is 5.60 Å². The van der Waals surface area contributed by atoms with Crippen LogP contribution in [0.1, 0.15) is 45.2 Å². The van der Waals surface area contributed by atoms with Gasteiger partial charge in [0.2, 0.25) is 5.95 Å². The lowest BCUT2D eigenvalue weighted by Crippen LogP contribution is -2.39. The van der Waals surface area contributed by atoms with Crippen LogP contribution in [-0.4, -0.2) is 43.4 Å². The predicted octanol–water partition coefficient (Wildman–Crippen LogP) is 2.94. The Hall–Kier alpha value is -3.07. The molecule has 1 aromatic carbocycles. The van der Waals surface area contributed by atoms with Gasteiger partial charge in [0.05, 0.1) is 25.1 Å². The maximum absolute atomic E-state index is 10.3. The second-order valence-electron chi connectivity index (χ2n) is 8.39. The number of rotatable bonds is 8. The van der Waals surface area contributed by atoms with Crippen LogP contribution in [0.25, 0.3) is 11.2 Å². The Morgan fingerprint density at radius 3 is 2.77 bits per heavy atom. The third-order valence-corrected chi connectivity index (χ3v) is 5.56. The lowest BCUT2D eigenvalue weighted by molar-refractivity contribution is 0.0646. The summed E-state index contributed by atoms with van der Waals surface area (Å²) in [6.07, 6.45) is 4.08. The maximum atomic E-state index is 10.3. The number of benzene rings is 1. The Kier molecular flexibility index (Phi) is 5.15. The van der Waals surface area contributed by atoms with Gasteiger partial charge in [-0.1, -0.05) is 0 Å². The van der Waals surface area contributed by atoms with E-state index in [2.05, 4.69) is 25.2 Å². The van der Waals surface area contributed by atoms with Crippen LogP contribution in [-0.2, 0) is 6.54 Å². The summed E-state index contributed by atoms with van der Waals surface area (Å²) in [6, 6.07) is 5.75. The molecule has 1 atom stereocenters. The van der Waals surface area contributed by atoms with Gasteiger partial charge in [-0.25, -0.2) is 4.98 Å². The highest BCUT2D eigenvalue weighted by Crippen LogP contribution is 2.37. The summed E-state index contributed by atoms with van der Waals surface area (Å²) in [7, 11) is 1.63. The van der Waals surface area contributed by atoms with E-state index in [-0.39, 0.29) is 6.04 Å². The van der Waals surface area contributed by atoms with Crippen LogP contribution in [0.2, 0.25) is 0 Å². The van der Waals surface area contributed by atoms with Gasteiger partial charge in [0.15, 0.2) is 17.0 Å². The first-order valence-corrected chi connectivity index (χ1v) is 10.2. The average molecular weight is 412 g/mol. The van der Waals surface area contributed by atoms with Crippen molar-refractivity contribution >= 4 is 28.6 Å². The number of methoxy groups -OCH3 is 1. The molecule has 1 aliphatic carbocycles. The molecule has 2 heterocycles. The van der Waals surface area contributed by atoms with Crippen molar-refractivity contribution < 1.29 is 9.84 Å².